The van der Waals surface area contributed by atoms with Crippen LogP contribution in [0.25, 0.3) is 11.1 Å². The van der Waals surface area contributed by atoms with E-state index in [4.69, 9.17) is 9.47 Å². The molecule has 0 spiro atoms. The number of amides is 2. The Morgan fingerprint density at radius 2 is 1.65 bits per heavy atom. The maximum atomic E-state index is 12.0. The fourth-order valence-corrected chi connectivity index (χ4v) is 8.52. The molecule has 3 aromatic carbocycles. The van der Waals surface area contributed by atoms with Crippen molar-refractivity contribution in [2.75, 3.05) is 19.6 Å². The largest absolute Gasteiger partial charge is 0.392 e. The van der Waals surface area contributed by atoms with Crippen molar-refractivity contribution in [2.24, 2.45) is 16.7 Å². The first-order valence-corrected chi connectivity index (χ1v) is 17.0. The summed E-state index contributed by atoms with van der Waals surface area (Å²) in [6.07, 6.45) is 3.15. The molecule has 246 valence electrons. The minimum Gasteiger partial charge on any atom is -0.392 e. The van der Waals surface area contributed by atoms with Crippen LogP contribution in [0.2, 0.25) is 0 Å². The molecule has 3 aromatic rings. The maximum absolute atomic E-state index is 12.0. The quantitative estimate of drug-likeness (QED) is 0.232. The molecule has 2 amide bonds. The van der Waals surface area contributed by atoms with E-state index < -0.39 is 6.29 Å². The average Bonchev–Trinajstić information content (AvgIpc) is 3.28. The number of benzene rings is 3. The number of hydrogen-bond acceptors (Lipinski definition) is 5. The van der Waals surface area contributed by atoms with Crippen molar-refractivity contribution >= 4 is 6.03 Å². The van der Waals surface area contributed by atoms with Crippen molar-refractivity contribution in [3.63, 3.8) is 0 Å². The monoisotopic (exact) mass is 625 g/mol. The van der Waals surface area contributed by atoms with Crippen molar-refractivity contribution in [3.05, 3.63) is 95.1 Å². The Labute approximate surface area is 274 Å². The molecule has 2 saturated heterocycles. The topological polar surface area (TPSA) is 83.1 Å². The first kappa shape index (κ1) is 32.7. The van der Waals surface area contributed by atoms with Gasteiger partial charge in [-0.25, -0.2) is 4.79 Å². The number of aliphatic hydroxyl groups excluding tert-OH is 1. The highest BCUT2D eigenvalue weighted by Gasteiger charge is 2.51. The molecule has 6 atom stereocenters. The number of carbonyl (C=O) groups is 1. The zero-order valence-corrected chi connectivity index (χ0v) is 28.1. The summed E-state index contributed by atoms with van der Waals surface area (Å²) < 4.78 is 13.7. The molecule has 2 aliphatic heterocycles. The molecule has 7 heteroatoms. The molecule has 3 aliphatic rings. The van der Waals surface area contributed by atoms with Crippen LogP contribution in [-0.4, -0.2) is 47.8 Å². The summed E-state index contributed by atoms with van der Waals surface area (Å²) >= 11 is 0. The second-order valence-corrected chi connectivity index (χ2v) is 15.0. The lowest BCUT2D eigenvalue weighted by Crippen LogP contribution is -2.46. The normalized spacial score (nSPS) is 29.0. The third kappa shape index (κ3) is 7.18. The average molecular weight is 626 g/mol. The zero-order valence-electron chi connectivity index (χ0n) is 28.1. The molecule has 2 heterocycles. The van der Waals surface area contributed by atoms with Crippen molar-refractivity contribution in [1.29, 1.82) is 0 Å². The van der Waals surface area contributed by atoms with Gasteiger partial charge in [0.05, 0.1) is 18.8 Å². The third-order valence-corrected chi connectivity index (χ3v) is 10.3. The second-order valence-electron chi connectivity index (χ2n) is 15.0. The van der Waals surface area contributed by atoms with Crippen LogP contribution in [0, 0.1) is 16.7 Å². The smallest absolute Gasteiger partial charge is 0.315 e. The van der Waals surface area contributed by atoms with Gasteiger partial charge < -0.3 is 25.2 Å². The Morgan fingerprint density at radius 3 is 2.37 bits per heavy atom. The number of nitrogens with zero attached hydrogens (tertiary/aromatic N) is 1. The minimum absolute atomic E-state index is 0.00748. The number of nitrogens with one attached hydrogen (secondary N) is 2. The van der Waals surface area contributed by atoms with Crippen LogP contribution in [0.5, 0.6) is 0 Å². The molecule has 46 heavy (non-hydrogen) atoms. The molecular formula is C39H51N3O4. The summed E-state index contributed by atoms with van der Waals surface area (Å²) in [4.78, 5) is 14.7. The molecule has 0 aromatic heterocycles. The number of carbonyl (C=O) groups excluding carboxylic acids is 1. The number of fused-ring (bicyclic) bond motifs is 2. The SMILES string of the molecule is CCNC(=O)NCc1ccccc1-c1ccc([C@H]2O[C@@H](CN3CC4(C)CC3CC(C)(C)C4)[C@@H](C)[C@@H](c3ccc(CO)cc3)O2)cc1. The van der Waals surface area contributed by atoms with Crippen molar-refractivity contribution in [1.82, 2.24) is 15.5 Å². The predicted octanol–water partition coefficient (Wildman–Crippen LogP) is 7.36. The van der Waals surface area contributed by atoms with E-state index >= 15 is 0 Å². The fourth-order valence-electron chi connectivity index (χ4n) is 8.52. The molecule has 6 rings (SSSR count). The summed E-state index contributed by atoms with van der Waals surface area (Å²) in [6.45, 7) is 14.6. The first-order chi connectivity index (χ1) is 22.1. The zero-order chi connectivity index (χ0) is 32.5. The van der Waals surface area contributed by atoms with Crippen LogP contribution in [0.4, 0.5) is 4.79 Å². The van der Waals surface area contributed by atoms with Crippen LogP contribution in [0.15, 0.2) is 72.8 Å². The van der Waals surface area contributed by atoms with Crippen LogP contribution in [0.1, 0.15) is 88.5 Å². The molecule has 3 N–H and O–H groups in total. The molecule has 7 nitrogen and oxygen atoms in total. The standard InChI is InChI=1S/C39H51N3O4/c1-6-40-37(44)41-21-31-9-7-8-10-33(31)28-15-17-30(18-16-28)36-45-34(22-42-25-39(5)20-32(42)19-38(3,4)24-39)26(2)35(46-36)29-13-11-27(23-43)12-14-29/h7-18,26,32,34-36,43H,6,19-25H2,1-5H3,(H2,40,41,44)/t26-,32?,34+,35+,36+,39?/m1/s1. The molecule has 1 aliphatic carbocycles. The van der Waals surface area contributed by atoms with E-state index in [1.165, 1.54) is 19.3 Å². The third-order valence-electron chi connectivity index (χ3n) is 10.3. The van der Waals surface area contributed by atoms with Crippen molar-refractivity contribution in [2.45, 2.75) is 91.6 Å². The highest BCUT2D eigenvalue weighted by molar-refractivity contribution is 5.74. The molecule has 0 radical (unpaired) electrons. The summed E-state index contributed by atoms with van der Waals surface area (Å²) in [7, 11) is 0. The van der Waals surface area contributed by atoms with Crippen LogP contribution in [-0.2, 0) is 22.6 Å². The number of likely N-dealkylation sites (tertiary alicyclic amines) is 1. The van der Waals surface area contributed by atoms with E-state index in [0.717, 1.165) is 46.5 Å². The molecule has 2 unspecified atom stereocenters. The van der Waals surface area contributed by atoms with Gasteiger partial charge in [0, 0.05) is 43.7 Å². The van der Waals surface area contributed by atoms with Gasteiger partial charge in [0.15, 0.2) is 6.29 Å². The number of urea groups is 1. The summed E-state index contributed by atoms with van der Waals surface area (Å²) in [5.74, 6) is 0.154. The van der Waals surface area contributed by atoms with Crippen LogP contribution < -0.4 is 10.6 Å². The first-order valence-electron chi connectivity index (χ1n) is 17.0. The Hall–Kier alpha value is -3.23. The van der Waals surface area contributed by atoms with E-state index in [2.05, 4.69) is 91.8 Å². The van der Waals surface area contributed by atoms with Gasteiger partial charge in [-0.15, -0.1) is 0 Å². The molecular weight excluding hydrogens is 574 g/mol. The lowest BCUT2D eigenvalue weighted by Gasteiger charge is -2.43. The van der Waals surface area contributed by atoms with E-state index in [1.807, 2.05) is 31.2 Å². The molecule has 2 bridgehead atoms. The van der Waals surface area contributed by atoms with E-state index in [1.54, 1.807) is 0 Å². The van der Waals surface area contributed by atoms with Gasteiger partial charge in [-0.1, -0.05) is 100 Å². The van der Waals surface area contributed by atoms with Gasteiger partial charge in [0.1, 0.15) is 0 Å². The van der Waals surface area contributed by atoms with Gasteiger partial charge in [-0.3, -0.25) is 4.90 Å². The van der Waals surface area contributed by atoms with Gasteiger partial charge in [0.2, 0.25) is 0 Å². The van der Waals surface area contributed by atoms with Gasteiger partial charge in [0.25, 0.3) is 0 Å². The minimum atomic E-state index is -0.499. The maximum Gasteiger partial charge on any atom is 0.315 e. The number of aliphatic hydroxyl groups is 1. The van der Waals surface area contributed by atoms with E-state index in [-0.39, 0.29) is 30.8 Å². The van der Waals surface area contributed by atoms with E-state index in [9.17, 15) is 9.90 Å². The Kier molecular flexibility index (Phi) is 9.58. The summed E-state index contributed by atoms with van der Waals surface area (Å²) in [5, 5.41) is 15.4. The van der Waals surface area contributed by atoms with Crippen molar-refractivity contribution in [3.8, 4) is 11.1 Å². The lowest BCUT2D eigenvalue weighted by molar-refractivity contribution is -0.276. The molecule has 3 fully saturated rings. The number of ether oxygens (including phenoxy) is 2. The van der Waals surface area contributed by atoms with Crippen LogP contribution in [0.3, 0.4) is 0 Å². The fraction of sp³-hybridized carbons (Fsp3) is 0.513. The predicted molar refractivity (Wildman–Crippen MR) is 182 cm³/mol. The number of hydrogen-bond donors (Lipinski definition) is 3. The summed E-state index contributed by atoms with van der Waals surface area (Å²) in [6, 6.07) is 25.2. The van der Waals surface area contributed by atoms with Gasteiger partial charge in [-0.2, -0.15) is 0 Å². The number of rotatable bonds is 9. The Bertz CT molecular complexity index is 1490. The highest BCUT2D eigenvalue weighted by atomic mass is 16.7. The lowest BCUT2D eigenvalue weighted by atomic mass is 9.65. The van der Waals surface area contributed by atoms with Crippen LogP contribution >= 0.6 is 0 Å². The van der Waals surface area contributed by atoms with Gasteiger partial charge in [-0.05, 0) is 64.8 Å². The van der Waals surface area contributed by atoms with Crippen molar-refractivity contribution < 1.29 is 19.4 Å². The Morgan fingerprint density at radius 1 is 0.935 bits per heavy atom. The molecule has 1 saturated carbocycles. The van der Waals surface area contributed by atoms with E-state index in [0.29, 0.717) is 30.0 Å². The van der Waals surface area contributed by atoms with Gasteiger partial charge >= 0.3 is 6.03 Å². The second kappa shape index (κ2) is 13.5. The summed E-state index contributed by atoms with van der Waals surface area (Å²) in [5.41, 5.74) is 6.95. The Balaban J connectivity index is 1.24. The highest BCUT2D eigenvalue weighted by Crippen LogP contribution is 2.53.